The summed E-state index contributed by atoms with van der Waals surface area (Å²) in [5, 5.41) is 9.03. The summed E-state index contributed by atoms with van der Waals surface area (Å²) < 4.78 is 0. The average molecular weight is 498 g/mol. The Hall–Kier alpha value is -4.24. The number of hydrogen-bond donors (Lipinski definition) is 2. The summed E-state index contributed by atoms with van der Waals surface area (Å²) in [4.78, 5) is 34.2. The highest BCUT2D eigenvalue weighted by Crippen LogP contribution is 2.28. The molecule has 1 unspecified atom stereocenters. The summed E-state index contributed by atoms with van der Waals surface area (Å²) in [5.74, 6) is -0.842. The van der Waals surface area contributed by atoms with Crippen molar-refractivity contribution in [3.8, 4) is 0 Å². The fraction of sp³-hybridized carbons (Fsp3) is 0.286. The molecule has 2 amide bonds. The predicted molar refractivity (Wildman–Crippen MR) is 146 cm³/mol. The van der Waals surface area contributed by atoms with Crippen molar-refractivity contribution >= 4 is 34.6 Å². The molecule has 9 nitrogen and oxygen atoms in total. The van der Waals surface area contributed by atoms with Gasteiger partial charge in [-0.15, -0.1) is 0 Å². The number of benzene rings is 2. The van der Waals surface area contributed by atoms with Crippen LogP contribution in [0.15, 0.2) is 84.2 Å². The third kappa shape index (κ3) is 5.78. The van der Waals surface area contributed by atoms with Gasteiger partial charge in [-0.25, -0.2) is 0 Å². The van der Waals surface area contributed by atoms with Crippen molar-refractivity contribution in [1.29, 1.82) is 0 Å². The van der Waals surface area contributed by atoms with Crippen LogP contribution in [-0.2, 0) is 16.0 Å². The first-order valence-electron chi connectivity index (χ1n) is 12.6. The lowest BCUT2D eigenvalue weighted by Gasteiger charge is -2.37. The predicted octanol–water partition coefficient (Wildman–Crippen LogP) is 2.51. The van der Waals surface area contributed by atoms with E-state index in [9.17, 15) is 9.59 Å². The number of anilines is 3. The summed E-state index contributed by atoms with van der Waals surface area (Å²) in [6.07, 6.45) is 4.84. The summed E-state index contributed by atoms with van der Waals surface area (Å²) in [6.45, 7) is 4.65. The number of hydrogen-bond acceptors (Lipinski definition) is 7. The van der Waals surface area contributed by atoms with E-state index in [2.05, 4.69) is 37.3 Å². The highest BCUT2D eigenvalue weighted by Gasteiger charge is 2.35. The molecule has 2 aromatic carbocycles. The highest BCUT2D eigenvalue weighted by atomic mass is 16.2. The van der Waals surface area contributed by atoms with Crippen LogP contribution in [0.25, 0.3) is 0 Å². The van der Waals surface area contributed by atoms with Gasteiger partial charge in [-0.2, -0.15) is 5.10 Å². The van der Waals surface area contributed by atoms with Crippen molar-refractivity contribution in [2.24, 2.45) is 10.8 Å². The van der Waals surface area contributed by atoms with Crippen LogP contribution in [0.4, 0.5) is 17.1 Å². The monoisotopic (exact) mass is 497 g/mol. The topological polar surface area (TPSA) is 107 Å². The van der Waals surface area contributed by atoms with Gasteiger partial charge in [0.25, 0.3) is 5.91 Å². The Balaban J connectivity index is 1.23. The second-order valence-corrected chi connectivity index (χ2v) is 9.25. The van der Waals surface area contributed by atoms with Crippen molar-refractivity contribution in [2.45, 2.75) is 18.9 Å². The van der Waals surface area contributed by atoms with Crippen molar-refractivity contribution in [1.82, 2.24) is 9.88 Å². The van der Waals surface area contributed by atoms with Gasteiger partial charge < -0.3 is 16.0 Å². The number of hydrazone groups is 1. The van der Waals surface area contributed by atoms with Gasteiger partial charge in [-0.3, -0.25) is 24.5 Å². The molecule has 5 rings (SSSR count). The number of amides is 2. The minimum absolute atomic E-state index is 0.161. The Kier molecular flexibility index (Phi) is 7.41. The molecule has 37 heavy (non-hydrogen) atoms. The van der Waals surface area contributed by atoms with E-state index in [0.717, 1.165) is 56.2 Å². The number of primary amides is 1. The molecule has 0 spiro atoms. The summed E-state index contributed by atoms with van der Waals surface area (Å²) in [6, 6.07) is 20.5. The van der Waals surface area contributed by atoms with Gasteiger partial charge in [0.15, 0.2) is 0 Å². The Morgan fingerprint density at radius 1 is 0.919 bits per heavy atom. The lowest BCUT2D eigenvalue weighted by atomic mass is 10.1. The number of nitrogens with zero attached hydrogens (tertiary/aromatic N) is 5. The van der Waals surface area contributed by atoms with E-state index in [-0.39, 0.29) is 18.0 Å². The van der Waals surface area contributed by atoms with Crippen LogP contribution in [-0.4, -0.2) is 66.2 Å². The molecular weight excluding hydrogens is 466 g/mol. The Bertz CT molecular complexity index is 1260. The second kappa shape index (κ2) is 11.2. The number of piperazine rings is 1. The first-order valence-corrected chi connectivity index (χ1v) is 12.6. The van der Waals surface area contributed by atoms with Crippen molar-refractivity contribution < 1.29 is 9.59 Å². The maximum Gasteiger partial charge on any atom is 0.272 e. The highest BCUT2D eigenvalue weighted by molar-refractivity contribution is 6.44. The molecule has 0 aliphatic carbocycles. The number of pyridine rings is 1. The molecule has 0 bridgehead atoms. The Labute approximate surface area is 216 Å². The molecule has 9 heteroatoms. The molecule has 3 heterocycles. The lowest BCUT2D eigenvalue weighted by molar-refractivity contribution is -0.119. The Morgan fingerprint density at radius 3 is 2.35 bits per heavy atom. The van der Waals surface area contributed by atoms with Gasteiger partial charge in [0.1, 0.15) is 11.8 Å². The van der Waals surface area contributed by atoms with E-state index in [0.29, 0.717) is 0 Å². The molecule has 3 N–H and O–H groups in total. The maximum atomic E-state index is 13.2. The zero-order chi connectivity index (χ0) is 25.6. The summed E-state index contributed by atoms with van der Waals surface area (Å²) >= 11 is 0. The average Bonchev–Trinajstić information content (AvgIpc) is 3.40. The molecule has 190 valence electrons. The van der Waals surface area contributed by atoms with E-state index in [1.165, 1.54) is 10.6 Å². The molecule has 1 saturated heterocycles. The third-order valence-electron chi connectivity index (χ3n) is 6.85. The number of para-hydroxylation sites is 3. The lowest BCUT2D eigenvalue weighted by Crippen LogP contribution is -2.47. The molecular formula is C28H31N7O2. The minimum Gasteiger partial charge on any atom is -0.368 e. The normalized spacial score (nSPS) is 17.9. The molecule has 2 aliphatic heterocycles. The fourth-order valence-corrected chi connectivity index (χ4v) is 4.79. The number of carbonyl (C=O) groups is 2. The van der Waals surface area contributed by atoms with Crippen molar-refractivity contribution in [3.05, 3.63) is 84.7 Å². The number of aromatic nitrogens is 1. The number of nitrogens with two attached hydrogens (primary N) is 1. The van der Waals surface area contributed by atoms with Crippen LogP contribution < -0.4 is 21.0 Å². The van der Waals surface area contributed by atoms with Crippen LogP contribution in [0.5, 0.6) is 0 Å². The van der Waals surface area contributed by atoms with Gasteiger partial charge in [-0.05, 0) is 48.4 Å². The quantitative estimate of drug-likeness (QED) is 0.495. The van der Waals surface area contributed by atoms with E-state index >= 15 is 0 Å². The van der Waals surface area contributed by atoms with Crippen molar-refractivity contribution in [3.63, 3.8) is 0 Å². The molecule has 1 atom stereocenters. The van der Waals surface area contributed by atoms with Gasteiger partial charge in [0.05, 0.1) is 17.1 Å². The van der Waals surface area contributed by atoms with Gasteiger partial charge in [0, 0.05) is 51.5 Å². The van der Waals surface area contributed by atoms with Gasteiger partial charge in [-0.1, -0.05) is 30.3 Å². The molecule has 1 aromatic heterocycles. The van der Waals surface area contributed by atoms with Crippen molar-refractivity contribution in [2.75, 3.05) is 47.9 Å². The molecule has 3 aromatic rings. The number of rotatable bonds is 8. The molecule has 1 fully saturated rings. The molecule has 0 radical (unpaired) electrons. The van der Waals surface area contributed by atoms with Crippen LogP contribution in [0.3, 0.4) is 0 Å². The number of carbonyl (C=O) groups excluding carboxylic acids is 2. The standard InChI is InChI=1S/C28H31N7O2/c29-27(36)26-20-24(32-35(26)22-6-2-1-3-7-22)28(37)31-23-8-4-5-9-25(23)34-18-16-33(17-19-34)15-12-21-10-13-30-14-11-21/h1-11,13-14,26H,12,15-20H2,(H2,29,36)(H,31,37). The maximum absolute atomic E-state index is 13.2. The fourth-order valence-electron chi connectivity index (χ4n) is 4.79. The third-order valence-corrected chi connectivity index (χ3v) is 6.85. The SMILES string of the molecule is NC(=O)C1CC(C(=O)Nc2ccccc2N2CCN(CCc3ccncc3)CC2)=NN1c1ccccc1. The smallest absolute Gasteiger partial charge is 0.272 e. The van der Waals surface area contributed by atoms with E-state index in [1.807, 2.05) is 67.0 Å². The second-order valence-electron chi connectivity index (χ2n) is 9.25. The zero-order valence-corrected chi connectivity index (χ0v) is 20.7. The molecule has 0 saturated carbocycles. The van der Waals surface area contributed by atoms with Crippen LogP contribution in [0, 0.1) is 0 Å². The number of nitrogens with one attached hydrogen (secondary N) is 1. The largest absolute Gasteiger partial charge is 0.368 e. The summed E-state index contributed by atoms with van der Waals surface area (Å²) in [5.41, 5.74) is 9.64. The Morgan fingerprint density at radius 2 is 1.62 bits per heavy atom. The minimum atomic E-state index is -0.696. The first-order chi connectivity index (χ1) is 18.1. The van der Waals surface area contributed by atoms with E-state index in [4.69, 9.17) is 5.73 Å². The zero-order valence-electron chi connectivity index (χ0n) is 20.7. The van der Waals surface area contributed by atoms with Crippen LogP contribution >= 0.6 is 0 Å². The van der Waals surface area contributed by atoms with Gasteiger partial charge >= 0.3 is 0 Å². The molecule has 2 aliphatic rings. The van der Waals surface area contributed by atoms with Crippen LogP contribution in [0.2, 0.25) is 0 Å². The van der Waals surface area contributed by atoms with Crippen LogP contribution in [0.1, 0.15) is 12.0 Å². The van der Waals surface area contributed by atoms with Gasteiger partial charge in [0.2, 0.25) is 5.91 Å². The summed E-state index contributed by atoms with van der Waals surface area (Å²) in [7, 11) is 0. The first kappa shape index (κ1) is 24.5. The van der Waals surface area contributed by atoms with E-state index in [1.54, 1.807) is 0 Å². The van der Waals surface area contributed by atoms with E-state index < -0.39 is 11.9 Å².